The van der Waals surface area contributed by atoms with E-state index in [4.69, 9.17) is 25.8 Å². The average Bonchev–Trinajstić information content (AvgIpc) is 3.11. The Kier molecular flexibility index (Phi) is 7.56. The van der Waals surface area contributed by atoms with Crippen LogP contribution in [0.2, 0.25) is 5.02 Å². The van der Waals surface area contributed by atoms with Gasteiger partial charge in [0.2, 0.25) is 0 Å². The van der Waals surface area contributed by atoms with Crippen molar-refractivity contribution in [3.63, 3.8) is 0 Å². The second-order valence-corrected chi connectivity index (χ2v) is 10.7. The fraction of sp³-hybridized carbons (Fsp3) is 0.208. The molecule has 1 aliphatic heterocycles. The summed E-state index contributed by atoms with van der Waals surface area (Å²) in [5, 5.41) is 0.436. The van der Waals surface area contributed by atoms with Crippen LogP contribution in [0.15, 0.2) is 60.3 Å². The molecule has 0 aliphatic carbocycles. The SMILES string of the molecule is COC(=O)C1=C(C)N=c2s/c(=C\c3cc(Br)cc(Br)c3OC)c(=O)n2[C@H]1c1cc(Cl)ccc1OC. The molecule has 2 heterocycles. The number of halogens is 3. The summed E-state index contributed by atoms with van der Waals surface area (Å²) in [6, 6.07) is 7.92. The molecule has 1 atom stereocenters. The highest BCUT2D eigenvalue weighted by molar-refractivity contribution is 9.11. The molecule has 0 saturated carbocycles. The third kappa shape index (κ3) is 4.72. The minimum Gasteiger partial charge on any atom is -0.496 e. The first-order valence-corrected chi connectivity index (χ1v) is 13.0. The van der Waals surface area contributed by atoms with Crippen LogP contribution in [0.1, 0.15) is 24.1 Å². The molecular weight excluding hydrogens is 624 g/mol. The Labute approximate surface area is 226 Å². The molecule has 0 radical (unpaired) electrons. The van der Waals surface area contributed by atoms with Gasteiger partial charge in [-0.15, -0.1) is 0 Å². The zero-order chi connectivity index (χ0) is 25.4. The lowest BCUT2D eigenvalue weighted by Gasteiger charge is -2.25. The molecule has 4 rings (SSSR count). The third-order valence-electron chi connectivity index (χ3n) is 5.44. The monoisotopic (exact) mass is 640 g/mol. The number of nitrogens with zero attached hydrogens (tertiary/aromatic N) is 2. The van der Waals surface area contributed by atoms with Gasteiger partial charge in [0.25, 0.3) is 5.56 Å². The molecular formula is C24H19Br2ClN2O5S. The Hall–Kier alpha value is -2.40. The number of thiazole rings is 1. The van der Waals surface area contributed by atoms with E-state index in [0.717, 1.165) is 8.95 Å². The topological polar surface area (TPSA) is 79.1 Å². The van der Waals surface area contributed by atoms with E-state index in [1.165, 1.54) is 30.1 Å². The number of rotatable bonds is 5. The van der Waals surface area contributed by atoms with Crippen molar-refractivity contribution >= 4 is 66.8 Å². The molecule has 0 saturated heterocycles. The molecule has 0 fully saturated rings. The van der Waals surface area contributed by atoms with Crippen LogP contribution in [-0.4, -0.2) is 31.9 Å². The number of carbonyl (C=O) groups is 1. The maximum Gasteiger partial charge on any atom is 0.338 e. The van der Waals surface area contributed by atoms with E-state index in [1.807, 2.05) is 12.1 Å². The third-order valence-corrected chi connectivity index (χ3v) is 7.71. The van der Waals surface area contributed by atoms with Crippen molar-refractivity contribution in [2.45, 2.75) is 13.0 Å². The van der Waals surface area contributed by atoms with Crippen LogP contribution >= 0.6 is 54.8 Å². The zero-order valence-corrected chi connectivity index (χ0v) is 23.8. The molecule has 0 N–H and O–H groups in total. The summed E-state index contributed by atoms with van der Waals surface area (Å²) in [7, 11) is 4.37. The van der Waals surface area contributed by atoms with E-state index >= 15 is 0 Å². The summed E-state index contributed by atoms with van der Waals surface area (Å²) in [4.78, 5) is 31.7. The first-order valence-electron chi connectivity index (χ1n) is 10.2. The highest BCUT2D eigenvalue weighted by Crippen LogP contribution is 2.37. The molecule has 35 heavy (non-hydrogen) atoms. The maximum atomic E-state index is 13.8. The molecule has 182 valence electrons. The first-order chi connectivity index (χ1) is 16.7. The number of esters is 1. The number of methoxy groups -OCH3 is 3. The minimum absolute atomic E-state index is 0.231. The molecule has 3 aromatic rings. The molecule has 0 spiro atoms. The van der Waals surface area contributed by atoms with E-state index in [-0.39, 0.29) is 11.1 Å². The number of ether oxygens (including phenoxy) is 3. The van der Waals surface area contributed by atoms with Gasteiger partial charge in [0.15, 0.2) is 4.80 Å². The maximum absolute atomic E-state index is 13.8. The number of carbonyl (C=O) groups excluding carboxylic acids is 1. The summed E-state index contributed by atoms with van der Waals surface area (Å²) in [5.41, 5.74) is 1.59. The highest BCUT2D eigenvalue weighted by atomic mass is 79.9. The molecule has 7 nitrogen and oxygen atoms in total. The van der Waals surface area contributed by atoms with Crippen LogP contribution < -0.4 is 24.4 Å². The Morgan fingerprint density at radius 1 is 1.17 bits per heavy atom. The standard InChI is InChI=1S/C24H19Br2ClN2O5S/c1-11-19(23(31)34-4)20(15-10-14(27)5-6-17(15)32-2)29-22(30)18(35-24(29)28-11)8-12-7-13(25)9-16(26)21(12)33-3/h5-10,20H,1-4H3/b18-8-/t20-/m0/s1. The van der Waals surface area contributed by atoms with E-state index in [2.05, 4.69) is 36.9 Å². The lowest BCUT2D eigenvalue weighted by Crippen LogP contribution is -2.40. The van der Waals surface area contributed by atoms with Gasteiger partial charge < -0.3 is 14.2 Å². The van der Waals surface area contributed by atoms with Crippen molar-refractivity contribution in [1.29, 1.82) is 0 Å². The van der Waals surface area contributed by atoms with Crippen molar-refractivity contribution < 1.29 is 19.0 Å². The molecule has 1 aliphatic rings. The largest absolute Gasteiger partial charge is 0.496 e. The number of fused-ring (bicyclic) bond motifs is 1. The molecule has 1 aromatic heterocycles. The fourth-order valence-corrected chi connectivity index (χ4v) is 6.59. The van der Waals surface area contributed by atoms with E-state index < -0.39 is 12.0 Å². The number of allylic oxidation sites excluding steroid dienone is 1. The summed E-state index contributed by atoms with van der Waals surface area (Å²) >= 11 is 14.5. The van der Waals surface area contributed by atoms with Crippen LogP contribution in [0, 0.1) is 0 Å². The van der Waals surface area contributed by atoms with Gasteiger partial charge >= 0.3 is 5.97 Å². The summed E-state index contributed by atoms with van der Waals surface area (Å²) < 4.78 is 19.6. The molecule has 11 heteroatoms. The first kappa shape index (κ1) is 25.7. The number of hydrogen-bond donors (Lipinski definition) is 0. The predicted octanol–water partition coefficient (Wildman–Crippen LogP) is 4.60. The van der Waals surface area contributed by atoms with Gasteiger partial charge in [-0.25, -0.2) is 9.79 Å². The molecule has 0 amide bonds. The second-order valence-electron chi connectivity index (χ2n) is 7.47. The Balaban J connectivity index is 2.05. The van der Waals surface area contributed by atoms with Crippen molar-refractivity contribution in [2.24, 2.45) is 4.99 Å². The van der Waals surface area contributed by atoms with Crippen LogP contribution in [0.3, 0.4) is 0 Å². The van der Waals surface area contributed by atoms with Crippen LogP contribution in [-0.2, 0) is 9.53 Å². The normalized spacial score (nSPS) is 15.5. The zero-order valence-electron chi connectivity index (χ0n) is 19.0. The molecule has 2 aromatic carbocycles. The van der Waals surface area contributed by atoms with Gasteiger partial charge in [0, 0.05) is 20.6 Å². The summed E-state index contributed by atoms with van der Waals surface area (Å²) in [6.45, 7) is 1.71. The quantitative estimate of drug-likeness (QED) is 0.381. The van der Waals surface area contributed by atoms with Gasteiger partial charge in [-0.2, -0.15) is 0 Å². The van der Waals surface area contributed by atoms with Crippen molar-refractivity contribution in [3.8, 4) is 11.5 Å². The summed E-state index contributed by atoms with van der Waals surface area (Å²) in [6.07, 6.45) is 1.74. The predicted molar refractivity (Wildman–Crippen MR) is 142 cm³/mol. The number of hydrogen-bond acceptors (Lipinski definition) is 7. The van der Waals surface area contributed by atoms with Crippen molar-refractivity contribution in [1.82, 2.24) is 4.57 Å². The molecule has 0 bridgehead atoms. The van der Waals surface area contributed by atoms with Crippen molar-refractivity contribution in [3.05, 3.63) is 86.4 Å². The lowest BCUT2D eigenvalue weighted by molar-refractivity contribution is -0.136. The number of aromatic nitrogens is 1. The van der Waals surface area contributed by atoms with Gasteiger partial charge in [-0.1, -0.05) is 38.9 Å². The second kappa shape index (κ2) is 10.3. The number of benzene rings is 2. The van der Waals surface area contributed by atoms with Crippen molar-refractivity contribution in [2.75, 3.05) is 21.3 Å². The Morgan fingerprint density at radius 3 is 2.57 bits per heavy atom. The van der Waals surface area contributed by atoms with E-state index in [1.54, 1.807) is 38.3 Å². The van der Waals surface area contributed by atoms with Gasteiger partial charge in [0.05, 0.1) is 41.6 Å². The van der Waals surface area contributed by atoms with Gasteiger partial charge in [-0.05, 0) is 59.3 Å². The van der Waals surface area contributed by atoms with Gasteiger partial charge in [0.1, 0.15) is 17.5 Å². The van der Waals surface area contributed by atoms with Gasteiger partial charge in [-0.3, -0.25) is 9.36 Å². The smallest absolute Gasteiger partial charge is 0.338 e. The van der Waals surface area contributed by atoms with E-state index in [0.29, 0.717) is 42.7 Å². The van der Waals surface area contributed by atoms with E-state index in [9.17, 15) is 9.59 Å². The Morgan fingerprint density at radius 2 is 1.91 bits per heavy atom. The Bertz CT molecular complexity index is 1560. The average molecular weight is 643 g/mol. The molecule has 0 unspecified atom stereocenters. The summed E-state index contributed by atoms with van der Waals surface area (Å²) in [5.74, 6) is 0.464. The van der Waals surface area contributed by atoms with Crippen LogP contribution in [0.25, 0.3) is 6.08 Å². The van der Waals surface area contributed by atoms with Crippen LogP contribution in [0.5, 0.6) is 11.5 Å². The van der Waals surface area contributed by atoms with Crippen LogP contribution in [0.4, 0.5) is 0 Å². The fourth-order valence-electron chi connectivity index (χ4n) is 3.95. The highest BCUT2D eigenvalue weighted by Gasteiger charge is 2.35. The minimum atomic E-state index is -0.842. The lowest BCUT2D eigenvalue weighted by atomic mass is 9.95.